The Hall–Kier alpha value is -0.0800. The van der Waals surface area contributed by atoms with E-state index in [9.17, 15) is 0 Å². The Labute approximate surface area is 133 Å². The van der Waals surface area contributed by atoms with Crippen LogP contribution in [0.4, 0.5) is 0 Å². The lowest BCUT2D eigenvalue weighted by Crippen LogP contribution is -2.48. The molecular weight excluding hydrogens is 256 g/mol. The molecule has 0 radical (unpaired) electrons. The van der Waals surface area contributed by atoms with Crippen LogP contribution in [0.2, 0.25) is 0 Å². The van der Waals surface area contributed by atoms with Crippen LogP contribution in [0, 0.1) is 11.8 Å². The van der Waals surface area contributed by atoms with Gasteiger partial charge in [-0.3, -0.25) is 0 Å². The molecule has 2 aliphatic rings. The Morgan fingerprint density at radius 3 is 2.48 bits per heavy atom. The third kappa shape index (κ3) is 5.56. The van der Waals surface area contributed by atoms with Gasteiger partial charge in [-0.25, -0.2) is 0 Å². The summed E-state index contributed by atoms with van der Waals surface area (Å²) in [4.78, 5) is 2.69. The van der Waals surface area contributed by atoms with E-state index >= 15 is 0 Å². The van der Waals surface area contributed by atoms with Crippen molar-refractivity contribution in [1.29, 1.82) is 0 Å². The van der Waals surface area contributed by atoms with Gasteiger partial charge >= 0.3 is 0 Å². The van der Waals surface area contributed by atoms with Crippen molar-refractivity contribution < 1.29 is 0 Å². The molecule has 21 heavy (non-hydrogen) atoms. The highest BCUT2D eigenvalue weighted by Gasteiger charge is 2.28. The first-order valence-corrected chi connectivity index (χ1v) is 9.64. The number of likely N-dealkylation sites (N-methyl/N-ethyl adjacent to an activating group) is 1. The van der Waals surface area contributed by atoms with Crippen molar-refractivity contribution >= 4 is 0 Å². The summed E-state index contributed by atoms with van der Waals surface area (Å²) in [5, 5.41) is 3.88. The Morgan fingerprint density at radius 1 is 1.05 bits per heavy atom. The van der Waals surface area contributed by atoms with Gasteiger partial charge in [0, 0.05) is 18.6 Å². The fourth-order valence-electron chi connectivity index (χ4n) is 4.51. The van der Waals surface area contributed by atoms with Gasteiger partial charge in [0.25, 0.3) is 0 Å². The average Bonchev–Trinajstić information content (AvgIpc) is 2.52. The van der Waals surface area contributed by atoms with Crippen LogP contribution in [0.25, 0.3) is 0 Å². The maximum absolute atomic E-state index is 3.88. The molecule has 0 heterocycles. The van der Waals surface area contributed by atoms with Gasteiger partial charge in [0.05, 0.1) is 0 Å². The van der Waals surface area contributed by atoms with Crippen molar-refractivity contribution in [1.82, 2.24) is 10.2 Å². The molecule has 0 saturated heterocycles. The van der Waals surface area contributed by atoms with E-state index in [-0.39, 0.29) is 0 Å². The van der Waals surface area contributed by atoms with Crippen molar-refractivity contribution in [3.05, 3.63) is 0 Å². The molecular formula is C19H38N2. The van der Waals surface area contributed by atoms with E-state index < -0.39 is 0 Å². The van der Waals surface area contributed by atoms with E-state index in [1.807, 2.05) is 0 Å². The fraction of sp³-hybridized carbons (Fsp3) is 1.00. The van der Waals surface area contributed by atoms with Gasteiger partial charge in [-0.1, -0.05) is 46.0 Å². The molecule has 3 unspecified atom stereocenters. The van der Waals surface area contributed by atoms with E-state index in [4.69, 9.17) is 0 Å². The summed E-state index contributed by atoms with van der Waals surface area (Å²) in [6.07, 6.45) is 14.3. The van der Waals surface area contributed by atoms with Gasteiger partial charge in [-0.05, 0) is 57.5 Å². The minimum atomic E-state index is 0.729. The molecule has 0 bridgehead atoms. The van der Waals surface area contributed by atoms with Crippen LogP contribution >= 0.6 is 0 Å². The molecule has 2 saturated carbocycles. The fourth-order valence-corrected chi connectivity index (χ4v) is 4.51. The minimum absolute atomic E-state index is 0.729. The molecule has 0 aromatic heterocycles. The highest BCUT2D eigenvalue weighted by molar-refractivity contribution is 4.85. The first-order chi connectivity index (χ1) is 10.2. The predicted octanol–water partition coefficient (Wildman–Crippen LogP) is 4.45. The number of hydrogen-bond donors (Lipinski definition) is 1. The lowest BCUT2D eigenvalue weighted by molar-refractivity contribution is 0.128. The topological polar surface area (TPSA) is 15.3 Å². The quantitative estimate of drug-likeness (QED) is 0.746. The van der Waals surface area contributed by atoms with Crippen molar-refractivity contribution in [2.45, 2.75) is 90.1 Å². The molecule has 2 rings (SSSR count). The van der Waals surface area contributed by atoms with E-state index in [1.165, 1.54) is 77.3 Å². The van der Waals surface area contributed by atoms with Gasteiger partial charge in [-0.15, -0.1) is 0 Å². The highest BCUT2D eigenvalue weighted by Crippen LogP contribution is 2.30. The van der Waals surface area contributed by atoms with Crippen LogP contribution < -0.4 is 5.32 Å². The minimum Gasteiger partial charge on any atom is -0.312 e. The maximum atomic E-state index is 3.88. The Kier molecular flexibility index (Phi) is 7.53. The van der Waals surface area contributed by atoms with Crippen LogP contribution in [0.5, 0.6) is 0 Å². The van der Waals surface area contributed by atoms with Gasteiger partial charge in [0.2, 0.25) is 0 Å². The van der Waals surface area contributed by atoms with Crippen molar-refractivity contribution in [3.63, 3.8) is 0 Å². The number of nitrogens with one attached hydrogen (secondary N) is 1. The molecule has 0 aromatic rings. The summed E-state index contributed by atoms with van der Waals surface area (Å²) in [5.41, 5.74) is 0. The van der Waals surface area contributed by atoms with Gasteiger partial charge < -0.3 is 10.2 Å². The summed E-state index contributed by atoms with van der Waals surface area (Å²) in [6, 6.07) is 1.57. The molecule has 1 N–H and O–H groups in total. The zero-order valence-electron chi connectivity index (χ0n) is 14.7. The monoisotopic (exact) mass is 294 g/mol. The van der Waals surface area contributed by atoms with Crippen LogP contribution in [0.3, 0.4) is 0 Å². The third-order valence-electron chi connectivity index (χ3n) is 5.89. The Bertz CT molecular complexity index is 273. The zero-order valence-corrected chi connectivity index (χ0v) is 14.7. The molecule has 0 spiro atoms. The number of rotatable bonds is 7. The molecule has 3 atom stereocenters. The molecule has 0 amide bonds. The van der Waals surface area contributed by atoms with Crippen molar-refractivity contribution in [2.24, 2.45) is 11.8 Å². The highest BCUT2D eigenvalue weighted by atomic mass is 15.2. The molecule has 2 heteroatoms. The first-order valence-electron chi connectivity index (χ1n) is 9.64. The van der Waals surface area contributed by atoms with Crippen LogP contribution in [-0.2, 0) is 0 Å². The van der Waals surface area contributed by atoms with Crippen LogP contribution in [-0.4, -0.2) is 37.1 Å². The summed E-state index contributed by atoms with van der Waals surface area (Å²) < 4.78 is 0. The number of nitrogens with zero attached hydrogens (tertiary/aromatic N) is 1. The van der Waals surface area contributed by atoms with Gasteiger partial charge in [-0.2, -0.15) is 0 Å². The lowest BCUT2D eigenvalue weighted by Gasteiger charge is -2.39. The molecule has 0 aromatic carbocycles. The first kappa shape index (κ1) is 17.3. The van der Waals surface area contributed by atoms with Crippen LogP contribution in [0.1, 0.15) is 78.1 Å². The summed E-state index contributed by atoms with van der Waals surface area (Å²) >= 11 is 0. The SMILES string of the molecule is CCCNC(CN(C)C1CCCC(C)C1)C1CCCCC1. The third-order valence-corrected chi connectivity index (χ3v) is 5.89. The normalized spacial score (nSPS) is 29.7. The lowest BCUT2D eigenvalue weighted by atomic mass is 9.82. The van der Waals surface area contributed by atoms with E-state index in [1.54, 1.807) is 0 Å². The average molecular weight is 295 g/mol. The maximum Gasteiger partial charge on any atom is 0.0223 e. The summed E-state index contributed by atoms with van der Waals surface area (Å²) in [6.45, 7) is 7.18. The second-order valence-electron chi connectivity index (χ2n) is 7.82. The standard InChI is InChI=1S/C19H38N2/c1-4-13-20-19(17-10-6-5-7-11-17)15-21(3)18-12-8-9-16(2)14-18/h16-20H,4-15H2,1-3H3. The van der Waals surface area contributed by atoms with Gasteiger partial charge in [0.1, 0.15) is 0 Å². The Morgan fingerprint density at radius 2 is 1.81 bits per heavy atom. The summed E-state index contributed by atoms with van der Waals surface area (Å²) in [7, 11) is 2.38. The van der Waals surface area contributed by atoms with Crippen molar-refractivity contribution in [3.8, 4) is 0 Å². The molecule has 2 nitrogen and oxygen atoms in total. The summed E-state index contributed by atoms with van der Waals surface area (Å²) in [5.74, 6) is 1.86. The van der Waals surface area contributed by atoms with E-state index in [0.717, 1.165) is 23.9 Å². The van der Waals surface area contributed by atoms with E-state index in [0.29, 0.717) is 0 Å². The zero-order chi connectivity index (χ0) is 15.1. The van der Waals surface area contributed by atoms with Crippen LogP contribution in [0.15, 0.2) is 0 Å². The predicted molar refractivity (Wildman–Crippen MR) is 92.7 cm³/mol. The van der Waals surface area contributed by atoms with Gasteiger partial charge in [0.15, 0.2) is 0 Å². The number of hydrogen-bond acceptors (Lipinski definition) is 2. The smallest absolute Gasteiger partial charge is 0.0223 e. The molecule has 124 valence electrons. The van der Waals surface area contributed by atoms with Crippen molar-refractivity contribution in [2.75, 3.05) is 20.1 Å². The molecule has 2 fully saturated rings. The second-order valence-corrected chi connectivity index (χ2v) is 7.82. The Balaban J connectivity index is 1.86. The molecule has 0 aliphatic heterocycles. The largest absolute Gasteiger partial charge is 0.312 e. The molecule has 2 aliphatic carbocycles. The second kappa shape index (κ2) is 9.15. The van der Waals surface area contributed by atoms with E-state index in [2.05, 4.69) is 31.1 Å².